The first-order valence-corrected chi connectivity index (χ1v) is 8.33. The Kier molecular flexibility index (Phi) is 5.22. The molecule has 0 aromatic carbocycles. The van der Waals surface area contributed by atoms with Crippen LogP contribution >= 0.6 is 11.3 Å². The molecule has 0 unspecified atom stereocenters. The first-order chi connectivity index (χ1) is 9.88. The summed E-state index contributed by atoms with van der Waals surface area (Å²) in [5.74, 6) is -0.0566. The Morgan fingerprint density at radius 2 is 2.10 bits per heavy atom. The smallest absolute Gasteiger partial charge is 0.347 e. The largest absolute Gasteiger partial charge is 0.477 e. The van der Waals surface area contributed by atoms with Gasteiger partial charge in [0.25, 0.3) is 0 Å². The number of thiazole rings is 1. The number of hydrogen-bond donors (Lipinski definition) is 1. The van der Waals surface area contributed by atoms with Gasteiger partial charge in [-0.2, -0.15) is 0 Å². The van der Waals surface area contributed by atoms with Gasteiger partial charge in [0.2, 0.25) is 0 Å². The molecule has 1 N–H and O–H groups in total. The van der Waals surface area contributed by atoms with E-state index in [4.69, 9.17) is 0 Å². The molecular formula is C15H25N3O2S. The molecule has 0 atom stereocenters. The molecule has 2 heterocycles. The van der Waals surface area contributed by atoms with E-state index in [0.717, 1.165) is 24.8 Å². The summed E-state index contributed by atoms with van der Waals surface area (Å²) in [4.78, 5) is 20.8. The maximum Gasteiger partial charge on any atom is 0.347 e. The standard InChI is InChI=1S/C15H25N3O2S/c1-10(2)12-13(14(19)20)21-15(16-12)18(4)9-11-5-7-17(3)8-6-11/h10-11H,5-9H2,1-4H3,(H,19,20). The van der Waals surface area contributed by atoms with Crippen molar-refractivity contribution in [2.45, 2.75) is 32.6 Å². The van der Waals surface area contributed by atoms with Crippen molar-refractivity contribution in [3.05, 3.63) is 10.6 Å². The zero-order valence-electron chi connectivity index (χ0n) is 13.3. The molecule has 5 nitrogen and oxygen atoms in total. The molecular weight excluding hydrogens is 286 g/mol. The van der Waals surface area contributed by atoms with Crippen LogP contribution in [-0.4, -0.2) is 54.7 Å². The highest BCUT2D eigenvalue weighted by Gasteiger charge is 2.23. The second-order valence-corrected chi connectivity index (χ2v) is 7.28. The van der Waals surface area contributed by atoms with E-state index in [9.17, 15) is 9.90 Å². The molecule has 0 spiro atoms. The fourth-order valence-electron chi connectivity index (χ4n) is 2.74. The van der Waals surface area contributed by atoms with E-state index in [1.54, 1.807) is 0 Å². The molecule has 2 rings (SSSR count). The van der Waals surface area contributed by atoms with Crippen molar-refractivity contribution in [1.82, 2.24) is 9.88 Å². The molecule has 1 saturated heterocycles. The van der Waals surface area contributed by atoms with Crippen LogP contribution in [0.15, 0.2) is 0 Å². The molecule has 1 fully saturated rings. The summed E-state index contributed by atoms with van der Waals surface area (Å²) in [5, 5.41) is 10.1. The van der Waals surface area contributed by atoms with Gasteiger partial charge in [-0.3, -0.25) is 0 Å². The number of aromatic nitrogens is 1. The number of aromatic carboxylic acids is 1. The molecule has 0 radical (unpaired) electrons. The highest BCUT2D eigenvalue weighted by molar-refractivity contribution is 7.17. The summed E-state index contributed by atoms with van der Waals surface area (Å²) in [6.07, 6.45) is 2.41. The molecule has 118 valence electrons. The van der Waals surface area contributed by atoms with Crippen molar-refractivity contribution in [2.75, 3.05) is 38.6 Å². The number of hydrogen-bond acceptors (Lipinski definition) is 5. The Morgan fingerprint density at radius 1 is 1.48 bits per heavy atom. The maximum atomic E-state index is 11.3. The Balaban J connectivity index is 2.07. The van der Waals surface area contributed by atoms with Gasteiger partial charge in [0, 0.05) is 13.6 Å². The molecule has 0 bridgehead atoms. The Bertz CT molecular complexity index is 493. The Hall–Kier alpha value is -1.14. The van der Waals surface area contributed by atoms with Crippen molar-refractivity contribution in [3.8, 4) is 0 Å². The van der Waals surface area contributed by atoms with Crippen LogP contribution in [-0.2, 0) is 0 Å². The van der Waals surface area contributed by atoms with Gasteiger partial charge in [-0.1, -0.05) is 25.2 Å². The highest BCUT2D eigenvalue weighted by atomic mass is 32.1. The minimum absolute atomic E-state index is 0.137. The summed E-state index contributed by atoms with van der Waals surface area (Å²) >= 11 is 1.30. The van der Waals surface area contributed by atoms with Crippen molar-refractivity contribution in [3.63, 3.8) is 0 Å². The summed E-state index contributed by atoms with van der Waals surface area (Å²) in [6, 6.07) is 0. The number of rotatable bonds is 5. The van der Waals surface area contributed by atoms with E-state index in [-0.39, 0.29) is 5.92 Å². The average Bonchev–Trinajstić information content (AvgIpc) is 2.87. The molecule has 6 heteroatoms. The molecule has 0 amide bonds. The van der Waals surface area contributed by atoms with Crippen molar-refractivity contribution >= 4 is 22.4 Å². The minimum Gasteiger partial charge on any atom is -0.477 e. The molecule has 1 aromatic heterocycles. The zero-order valence-corrected chi connectivity index (χ0v) is 14.1. The van der Waals surface area contributed by atoms with Gasteiger partial charge in [0.05, 0.1) is 5.69 Å². The fourth-order valence-corrected chi connectivity index (χ4v) is 3.77. The lowest BCUT2D eigenvalue weighted by Crippen LogP contribution is -2.35. The third kappa shape index (κ3) is 3.95. The van der Waals surface area contributed by atoms with Crippen LogP contribution < -0.4 is 4.90 Å². The Labute approximate surface area is 130 Å². The first kappa shape index (κ1) is 16.2. The van der Waals surface area contributed by atoms with Crippen molar-refractivity contribution in [2.24, 2.45) is 5.92 Å². The van der Waals surface area contributed by atoms with E-state index >= 15 is 0 Å². The van der Waals surface area contributed by atoms with Gasteiger partial charge in [-0.25, -0.2) is 9.78 Å². The van der Waals surface area contributed by atoms with Crippen LogP contribution in [0, 0.1) is 5.92 Å². The molecule has 0 saturated carbocycles. The van der Waals surface area contributed by atoms with Gasteiger partial charge in [-0.05, 0) is 44.8 Å². The number of carboxylic acid groups (broad SMARTS) is 1. The normalized spacial score (nSPS) is 17.4. The van der Waals surface area contributed by atoms with Crippen LogP contribution in [0.5, 0.6) is 0 Å². The summed E-state index contributed by atoms with van der Waals surface area (Å²) < 4.78 is 0. The van der Waals surface area contributed by atoms with Gasteiger partial charge in [-0.15, -0.1) is 0 Å². The van der Waals surface area contributed by atoms with E-state index in [2.05, 4.69) is 21.8 Å². The van der Waals surface area contributed by atoms with Crippen LogP contribution in [0.25, 0.3) is 0 Å². The van der Waals surface area contributed by atoms with E-state index in [0.29, 0.717) is 16.5 Å². The molecule has 0 aliphatic carbocycles. The van der Waals surface area contributed by atoms with Crippen molar-refractivity contribution in [1.29, 1.82) is 0 Å². The lowest BCUT2D eigenvalue weighted by molar-refractivity contribution is 0.0700. The number of anilines is 1. The number of carbonyl (C=O) groups is 1. The van der Waals surface area contributed by atoms with Crippen LogP contribution in [0.3, 0.4) is 0 Å². The highest BCUT2D eigenvalue weighted by Crippen LogP contribution is 2.31. The van der Waals surface area contributed by atoms with Crippen LogP contribution in [0.1, 0.15) is 48.0 Å². The molecule has 1 aliphatic heterocycles. The lowest BCUT2D eigenvalue weighted by atomic mass is 9.97. The lowest BCUT2D eigenvalue weighted by Gasteiger charge is -2.31. The SMILES string of the molecule is CC(C)c1nc(N(C)CC2CCN(C)CC2)sc1C(=O)O. The van der Waals surface area contributed by atoms with Gasteiger partial charge in [0.1, 0.15) is 4.88 Å². The molecule has 21 heavy (non-hydrogen) atoms. The minimum atomic E-state index is -0.866. The first-order valence-electron chi connectivity index (χ1n) is 7.52. The summed E-state index contributed by atoms with van der Waals surface area (Å²) in [6.45, 7) is 7.23. The van der Waals surface area contributed by atoms with E-state index < -0.39 is 5.97 Å². The van der Waals surface area contributed by atoms with Gasteiger partial charge >= 0.3 is 5.97 Å². The third-order valence-electron chi connectivity index (χ3n) is 4.08. The zero-order chi connectivity index (χ0) is 15.6. The number of likely N-dealkylation sites (tertiary alicyclic amines) is 1. The predicted molar refractivity (Wildman–Crippen MR) is 86.7 cm³/mol. The van der Waals surface area contributed by atoms with Crippen LogP contribution in [0.2, 0.25) is 0 Å². The van der Waals surface area contributed by atoms with Crippen molar-refractivity contribution < 1.29 is 9.90 Å². The summed E-state index contributed by atoms with van der Waals surface area (Å²) in [7, 11) is 4.18. The monoisotopic (exact) mass is 311 g/mol. The van der Waals surface area contributed by atoms with E-state index in [1.807, 2.05) is 20.9 Å². The summed E-state index contributed by atoms with van der Waals surface area (Å²) in [5.41, 5.74) is 0.706. The Morgan fingerprint density at radius 3 is 2.57 bits per heavy atom. The van der Waals surface area contributed by atoms with E-state index in [1.165, 1.54) is 24.2 Å². The molecule has 1 aliphatic rings. The average molecular weight is 311 g/mol. The predicted octanol–water partition coefficient (Wildman–Crippen LogP) is 2.74. The second kappa shape index (κ2) is 6.75. The quantitative estimate of drug-likeness (QED) is 0.906. The number of nitrogens with zero attached hydrogens (tertiary/aromatic N) is 3. The maximum absolute atomic E-state index is 11.3. The van der Waals surface area contributed by atoms with Gasteiger partial charge in [0.15, 0.2) is 5.13 Å². The van der Waals surface area contributed by atoms with Gasteiger partial charge < -0.3 is 14.9 Å². The third-order valence-corrected chi connectivity index (χ3v) is 5.25. The fraction of sp³-hybridized carbons (Fsp3) is 0.733. The van der Waals surface area contributed by atoms with Crippen LogP contribution in [0.4, 0.5) is 5.13 Å². The molecule has 1 aromatic rings. The number of piperidine rings is 1. The number of carboxylic acids is 1. The topological polar surface area (TPSA) is 56.7 Å². The second-order valence-electron chi connectivity index (χ2n) is 6.30.